The fourth-order valence-corrected chi connectivity index (χ4v) is 3.48. The monoisotopic (exact) mass is 443 g/mol. The Hall–Kier alpha value is -2.18. The van der Waals surface area contributed by atoms with E-state index in [1.54, 1.807) is 6.21 Å². The summed E-state index contributed by atoms with van der Waals surface area (Å²) in [6.45, 7) is 0.763. The number of carbonyl (C=O) groups is 1. The first-order valence-corrected chi connectivity index (χ1v) is 10.5. The zero-order chi connectivity index (χ0) is 19.6. The van der Waals surface area contributed by atoms with Crippen molar-refractivity contribution < 1.29 is 9.53 Å². The maximum absolute atomic E-state index is 12.0. The number of nitrogens with one attached hydrogen (secondary N) is 2. The van der Waals surface area contributed by atoms with Gasteiger partial charge < -0.3 is 10.1 Å². The molecule has 3 rings (SSSR count). The van der Waals surface area contributed by atoms with E-state index in [1.165, 1.54) is 19.3 Å². The minimum absolute atomic E-state index is 0.130. The molecule has 0 spiro atoms. The standard InChI is InChI=1S/C22H26BrN3O2/c23-19-12-10-17(11-13-19)16-28-21-9-5-4-6-18(21)14-25-26-22(27)15-24-20-7-2-1-3-8-20/h4-6,9-14,20,24H,1-3,7-8,15-16H2,(H,26,27)/b25-14-. The molecule has 1 saturated carbocycles. The first kappa shape index (κ1) is 20.6. The number of ether oxygens (including phenoxy) is 1. The number of benzene rings is 2. The Bertz CT molecular complexity index is 787. The number of rotatable bonds is 8. The smallest absolute Gasteiger partial charge is 0.254 e. The van der Waals surface area contributed by atoms with E-state index in [9.17, 15) is 4.79 Å². The summed E-state index contributed by atoms with van der Waals surface area (Å²) in [5.41, 5.74) is 4.49. The molecule has 2 aromatic carbocycles. The van der Waals surface area contributed by atoms with Crippen LogP contribution < -0.4 is 15.5 Å². The normalized spacial score (nSPS) is 14.9. The van der Waals surface area contributed by atoms with Crippen molar-refractivity contribution in [1.29, 1.82) is 0 Å². The molecule has 0 atom stereocenters. The second kappa shape index (κ2) is 11.0. The van der Waals surface area contributed by atoms with Crippen LogP contribution in [-0.4, -0.2) is 24.7 Å². The van der Waals surface area contributed by atoms with Crippen molar-refractivity contribution in [2.75, 3.05) is 6.54 Å². The van der Waals surface area contributed by atoms with Crippen LogP contribution in [0.3, 0.4) is 0 Å². The number of hydrogen-bond donors (Lipinski definition) is 2. The van der Waals surface area contributed by atoms with E-state index in [0.717, 1.165) is 34.2 Å². The topological polar surface area (TPSA) is 62.7 Å². The molecule has 0 aliphatic heterocycles. The lowest BCUT2D eigenvalue weighted by Crippen LogP contribution is -2.38. The van der Waals surface area contributed by atoms with Crippen molar-refractivity contribution in [1.82, 2.24) is 10.7 Å². The summed E-state index contributed by atoms with van der Waals surface area (Å²) in [7, 11) is 0. The highest BCUT2D eigenvalue weighted by Gasteiger charge is 2.13. The summed E-state index contributed by atoms with van der Waals surface area (Å²) in [5.74, 6) is 0.596. The molecule has 1 aliphatic carbocycles. The van der Waals surface area contributed by atoms with E-state index < -0.39 is 0 Å². The number of para-hydroxylation sites is 1. The van der Waals surface area contributed by atoms with E-state index in [1.807, 2.05) is 48.5 Å². The molecule has 148 valence electrons. The molecule has 0 heterocycles. The molecule has 1 amide bonds. The van der Waals surface area contributed by atoms with Crippen molar-refractivity contribution >= 4 is 28.1 Å². The lowest BCUT2D eigenvalue weighted by Gasteiger charge is -2.22. The van der Waals surface area contributed by atoms with Crippen LogP contribution in [-0.2, 0) is 11.4 Å². The molecule has 1 fully saturated rings. The summed E-state index contributed by atoms with van der Waals surface area (Å²) in [5, 5.41) is 7.39. The van der Waals surface area contributed by atoms with Crippen LogP contribution in [0.5, 0.6) is 5.75 Å². The molecule has 0 radical (unpaired) electrons. The minimum atomic E-state index is -0.130. The summed E-state index contributed by atoms with van der Waals surface area (Å²) in [4.78, 5) is 12.0. The number of halogens is 1. The molecule has 6 heteroatoms. The first-order chi connectivity index (χ1) is 13.7. The van der Waals surface area contributed by atoms with Gasteiger partial charge in [0, 0.05) is 16.1 Å². The van der Waals surface area contributed by atoms with Crippen LogP contribution in [0.1, 0.15) is 43.2 Å². The average Bonchev–Trinajstić information content (AvgIpc) is 2.73. The maximum atomic E-state index is 12.0. The van der Waals surface area contributed by atoms with Crippen LogP contribution in [0.4, 0.5) is 0 Å². The van der Waals surface area contributed by atoms with E-state index >= 15 is 0 Å². The number of hydrogen-bond acceptors (Lipinski definition) is 4. The molecule has 5 nitrogen and oxygen atoms in total. The van der Waals surface area contributed by atoms with E-state index in [4.69, 9.17) is 4.74 Å². The fraction of sp³-hybridized carbons (Fsp3) is 0.364. The first-order valence-electron chi connectivity index (χ1n) is 9.72. The lowest BCUT2D eigenvalue weighted by molar-refractivity contribution is -0.120. The average molecular weight is 444 g/mol. The van der Waals surface area contributed by atoms with Gasteiger partial charge in [0.1, 0.15) is 12.4 Å². The Balaban J connectivity index is 1.47. The highest BCUT2D eigenvalue weighted by Crippen LogP contribution is 2.19. The second-order valence-corrected chi connectivity index (χ2v) is 7.88. The molecule has 2 N–H and O–H groups in total. The van der Waals surface area contributed by atoms with Gasteiger partial charge in [-0.3, -0.25) is 4.79 Å². The Labute approximate surface area is 174 Å². The third kappa shape index (κ3) is 6.77. The van der Waals surface area contributed by atoms with Gasteiger partial charge in [-0.05, 0) is 42.7 Å². The zero-order valence-corrected chi connectivity index (χ0v) is 17.5. The van der Waals surface area contributed by atoms with Crippen LogP contribution in [0.15, 0.2) is 58.1 Å². The Morgan fingerprint density at radius 1 is 1.11 bits per heavy atom. The molecule has 0 aromatic heterocycles. The maximum Gasteiger partial charge on any atom is 0.254 e. The number of nitrogens with zero attached hydrogens (tertiary/aromatic N) is 1. The minimum Gasteiger partial charge on any atom is -0.488 e. The molecular weight excluding hydrogens is 418 g/mol. The van der Waals surface area contributed by atoms with Crippen molar-refractivity contribution in [3.8, 4) is 5.75 Å². The summed E-state index contributed by atoms with van der Waals surface area (Å²) in [6, 6.07) is 16.1. The molecule has 0 saturated heterocycles. The third-order valence-corrected chi connectivity index (χ3v) is 5.30. The van der Waals surface area contributed by atoms with Crippen molar-refractivity contribution in [2.45, 2.75) is 44.8 Å². The molecular formula is C22H26BrN3O2. The van der Waals surface area contributed by atoms with E-state index in [-0.39, 0.29) is 5.91 Å². The summed E-state index contributed by atoms with van der Waals surface area (Å²) in [6.07, 6.45) is 7.72. The van der Waals surface area contributed by atoms with Gasteiger partial charge in [0.2, 0.25) is 0 Å². The Morgan fingerprint density at radius 2 is 1.86 bits per heavy atom. The van der Waals surface area contributed by atoms with Gasteiger partial charge in [0.15, 0.2) is 0 Å². The Kier molecular flexibility index (Phi) is 8.06. The van der Waals surface area contributed by atoms with Crippen LogP contribution in [0, 0.1) is 0 Å². The molecule has 1 aliphatic rings. The summed E-state index contributed by atoms with van der Waals surface area (Å²) < 4.78 is 6.96. The zero-order valence-electron chi connectivity index (χ0n) is 15.9. The SMILES string of the molecule is O=C(CNC1CCCCC1)N/N=C\c1ccccc1OCc1ccc(Br)cc1. The van der Waals surface area contributed by atoms with Crippen molar-refractivity contribution in [3.63, 3.8) is 0 Å². The van der Waals surface area contributed by atoms with Gasteiger partial charge in [-0.1, -0.05) is 59.5 Å². The number of carbonyl (C=O) groups excluding carboxylic acids is 1. The largest absolute Gasteiger partial charge is 0.488 e. The van der Waals surface area contributed by atoms with E-state index in [0.29, 0.717) is 19.2 Å². The quantitative estimate of drug-likeness (QED) is 0.469. The van der Waals surface area contributed by atoms with Gasteiger partial charge in [0.05, 0.1) is 12.8 Å². The lowest BCUT2D eigenvalue weighted by atomic mass is 9.95. The van der Waals surface area contributed by atoms with Crippen LogP contribution in [0.25, 0.3) is 0 Å². The van der Waals surface area contributed by atoms with Gasteiger partial charge in [-0.15, -0.1) is 0 Å². The van der Waals surface area contributed by atoms with Gasteiger partial charge in [-0.25, -0.2) is 5.43 Å². The van der Waals surface area contributed by atoms with E-state index in [2.05, 4.69) is 31.8 Å². The van der Waals surface area contributed by atoms with Crippen molar-refractivity contribution in [2.24, 2.45) is 5.10 Å². The van der Waals surface area contributed by atoms with Crippen molar-refractivity contribution in [3.05, 3.63) is 64.1 Å². The van der Waals surface area contributed by atoms with Gasteiger partial charge in [0.25, 0.3) is 5.91 Å². The molecule has 0 unspecified atom stereocenters. The highest BCUT2D eigenvalue weighted by atomic mass is 79.9. The Morgan fingerprint density at radius 3 is 2.64 bits per heavy atom. The molecule has 2 aromatic rings. The van der Waals surface area contributed by atoms with Crippen LogP contribution >= 0.6 is 15.9 Å². The van der Waals surface area contributed by atoms with Gasteiger partial charge in [-0.2, -0.15) is 5.10 Å². The molecule has 28 heavy (non-hydrogen) atoms. The predicted molar refractivity (Wildman–Crippen MR) is 116 cm³/mol. The summed E-state index contributed by atoms with van der Waals surface area (Å²) >= 11 is 3.43. The highest BCUT2D eigenvalue weighted by molar-refractivity contribution is 9.10. The van der Waals surface area contributed by atoms with Crippen LogP contribution in [0.2, 0.25) is 0 Å². The fourth-order valence-electron chi connectivity index (χ4n) is 3.22. The number of hydrazone groups is 1. The molecule has 0 bridgehead atoms. The third-order valence-electron chi connectivity index (χ3n) is 4.78. The van der Waals surface area contributed by atoms with Gasteiger partial charge >= 0.3 is 0 Å². The number of amides is 1. The second-order valence-electron chi connectivity index (χ2n) is 6.96. The predicted octanol–water partition coefficient (Wildman–Crippen LogP) is 4.40.